The van der Waals surface area contributed by atoms with Gasteiger partial charge in [0.05, 0.1) is 11.4 Å². The van der Waals surface area contributed by atoms with Crippen molar-refractivity contribution in [3.05, 3.63) is 17.5 Å². The van der Waals surface area contributed by atoms with Gasteiger partial charge in [-0.2, -0.15) is 5.10 Å². The van der Waals surface area contributed by atoms with Crippen LogP contribution in [-0.4, -0.2) is 64.9 Å². The van der Waals surface area contributed by atoms with Crippen molar-refractivity contribution in [3.63, 3.8) is 0 Å². The van der Waals surface area contributed by atoms with E-state index >= 15 is 0 Å². The van der Waals surface area contributed by atoms with Gasteiger partial charge in [-0.1, -0.05) is 6.92 Å². The van der Waals surface area contributed by atoms with Crippen LogP contribution in [0.4, 0.5) is 0 Å². The molecule has 5 heteroatoms. The van der Waals surface area contributed by atoms with Crippen LogP contribution in [-0.2, 0) is 20.0 Å². The summed E-state index contributed by atoms with van der Waals surface area (Å²) in [5.41, 5.74) is 2.55. The minimum Gasteiger partial charge on any atom is -0.314 e. The van der Waals surface area contributed by atoms with E-state index in [0.717, 1.165) is 32.1 Å². The lowest BCUT2D eigenvalue weighted by atomic mass is 10.1. The van der Waals surface area contributed by atoms with Crippen molar-refractivity contribution in [2.75, 3.05) is 39.3 Å². The summed E-state index contributed by atoms with van der Waals surface area (Å²) >= 11 is 0. The third-order valence-electron chi connectivity index (χ3n) is 4.38. The lowest BCUT2D eigenvalue weighted by molar-refractivity contribution is 0.0209. The van der Waals surface area contributed by atoms with Gasteiger partial charge in [0.2, 0.25) is 0 Å². The third kappa shape index (κ3) is 2.83. The van der Waals surface area contributed by atoms with Crippen molar-refractivity contribution in [1.29, 1.82) is 0 Å². The summed E-state index contributed by atoms with van der Waals surface area (Å²) in [5.74, 6) is 0. The summed E-state index contributed by atoms with van der Waals surface area (Å²) < 4.78 is 2.04. The zero-order valence-electron chi connectivity index (χ0n) is 12.1. The second-order valence-corrected chi connectivity index (χ2v) is 5.74. The first kappa shape index (κ1) is 13.1. The fourth-order valence-electron chi connectivity index (χ4n) is 3.07. The molecule has 0 spiro atoms. The number of hydrogen-bond acceptors (Lipinski definition) is 4. The van der Waals surface area contributed by atoms with Gasteiger partial charge >= 0.3 is 0 Å². The number of likely N-dealkylation sites (tertiary alicyclic amines) is 1. The minimum atomic E-state index is 0.779. The fourth-order valence-corrected chi connectivity index (χ4v) is 3.07. The Bertz CT molecular complexity index is 415. The normalized spacial score (nSPS) is 22.6. The predicted octanol–water partition coefficient (Wildman–Crippen LogP) is 0.0719. The lowest BCUT2D eigenvalue weighted by Crippen LogP contribution is -2.62. The molecule has 1 aromatic heterocycles. The molecule has 1 aromatic rings. The van der Waals surface area contributed by atoms with Crippen molar-refractivity contribution >= 4 is 0 Å². The zero-order chi connectivity index (χ0) is 13.2. The fraction of sp³-hybridized carbons (Fsp3) is 0.786. The van der Waals surface area contributed by atoms with Crippen molar-refractivity contribution in [3.8, 4) is 0 Å². The first-order valence-electron chi connectivity index (χ1n) is 7.45. The topological polar surface area (TPSA) is 36.3 Å². The monoisotopic (exact) mass is 263 g/mol. The Balaban J connectivity index is 1.49. The molecule has 0 unspecified atom stereocenters. The molecule has 2 aliphatic heterocycles. The summed E-state index contributed by atoms with van der Waals surface area (Å²) in [6, 6.07) is 3.03. The summed E-state index contributed by atoms with van der Waals surface area (Å²) in [7, 11) is 2.06. The van der Waals surface area contributed by atoms with E-state index in [9.17, 15) is 0 Å². The highest BCUT2D eigenvalue weighted by Crippen LogP contribution is 2.18. The van der Waals surface area contributed by atoms with Gasteiger partial charge in [0.1, 0.15) is 0 Å². The van der Waals surface area contributed by atoms with Crippen LogP contribution in [0.2, 0.25) is 0 Å². The van der Waals surface area contributed by atoms with Crippen LogP contribution in [0.25, 0.3) is 0 Å². The molecule has 0 saturated carbocycles. The van der Waals surface area contributed by atoms with Gasteiger partial charge in [-0.05, 0) is 12.5 Å². The van der Waals surface area contributed by atoms with Crippen LogP contribution in [0.3, 0.4) is 0 Å². The maximum Gasteiger partial charge on any atom is 0.0625 e. The third-order valence-corrected chi connectivity index (χ3v) is 4.38. The van der Waals surface area contributed by atoms with E-state index < -0.39 is 0 Å². The Morgan fingerprint density at radius 1 is 1.32 bits per heavy atom. The van der Waals surface area contributed by atoms with E-state index in [0.29, 0.717) is 0 Å². The van der Waals surface area contributed by atoms with Crippen LogP contribution < -0.4 is 5.32 Å². The van der Waals surface area contributed by atoms with E-state index in [4.69, 9.17) is 0 Å². The lowest BCUT2D eigenvalue weighted by Gasteiger charge is -2.46. The van der Waals surface area contributed by atoms with Crippen molar-refractivity contribution in [2.24, 2.45) is 7.05 Å². The highest BCUT2D eigenvalue weighted by molar-refractivity contribution is 5.11. The van der Waals surface area contributed by atoms with Crippen molar-refractivity contribution < 1.29 is 0 Å². The molecule has 2 fully saturated rings. The second-order valence-electron chi connectivity index (χ2n) is 5.74. The molecule has 106 valence electrons. The maximum atomic E-state index is 4.52. The molecule has 3 rings (SSSR count). The quantitative estimate of drug-likeness (QED) is 0.834. The van der Waals surface area contributed by atoms with Crippen LogP contribution in [0.5, 0.6) is 0 Å². The molecule has 0 aromatic carbocycles. The molecule has 0 bridgehead atoms. The number of rotatable bonds is 4. The SMILES string of the molecule is CCc1cc(CN2CC(N3CCNCC3)C2)n(C)n1. The number of hydrogen-bond donors (Lipinski definition) is 1. The molecular formula is C14H25N5. The maximum absolute atomic E-state index is 4.52. The average molecular weight is 263 g/mol. The van der Waals surface area contributed by atoms with E-state index in [1.54, 1.807) is 0 Å². The molecule has 1 N–H and O–H groups in total. The predicted molar refractivity (Wildman–Crippen MR) is 76.1 cm³/mol. The van der Waals surface area contributed by atoms with Crippen molar-refractivity contribution in [1.82, 2.24) is 24.9 Å². The molecule has 3 heterocycles. The van der Waals surface area contributed by atoms with E-state index in [-0.39, 0.29) is 0 Å². The Hall–Kier alpha value is -0.910. The number of piperazine rings is 1. The second kappa shape index (κ2) is 5.61. The van der Waals surface area contributed by atoms with E-state index in [1.165, 1.54) is 37.6 Å². The molecule has 0 radical (unpaired) electrons. The van der Waals surface area contributed by atoms with E-state index in [2.05, 4.69) is 40.3 Å². The standard InChI is InChI=1S/C14H25N5/c1-3-12-8-13(17(2)16-12)9-18-10-14(11-18)19-6-4-15-5-7-19/h8,14-15H,3-7,9-11H2,1-2H3. The Morgan fingerprint density at radius 3 is 2.68 bits per heavy atom. The molecule has 0 aliphatic carbocycles. The number of nitrogens with zero attached hydrogens (tertiary/aromatic N) is 4. The van der Waals surface area contributed by atoms with Crippen LogP contribution in [0, 0.1) is 0 Å². The van der Waals surface area contributed by atoms with Gasteiger partial charge in [-0.15, -0.1) is 0 Å². The molecule has 0 atom stereocenters. The van der Waals surface area contributed by atoms with Crippen LogP contribution in [0.1, 0.15) is 18.3 Å². The van der Waals surface area contributed by atoms with Gasteiger partial charge in [0, 0.05) is 58.9 Å². The molecule has 2 aliphatic rings. The molecule has 5 nitrogen and oxygen atoms in total. The number of aryl methyl sites for hydroxylation is 2. The Labute approximate surface area is 115 Å². The minimum absolute atomic E-state index is 0.779. The Morgan fingerprint density at radius 2 is 2.05 bits per heavy atom. The molecule has 2 saturated heterocycles. The van der Waals surface area contributed by atoms with Gasteiger partial charge in [-0.25, -0.2) is 0 Å². The van der Waals surface area contributed by atoms with Gasteiger partial charge < -0.3 is 5.32 Å². The summed E-state index contributed by atoms with van der Waals surface area (Å²) in [4.78, 5) is 5.16. The molecule has 19 heavy (non-hydrogen) atoms. The van der Waals surface area contributed by atoms with E-state index in [1.807, 2.05) is 4.68 Å². The first-order valence-corrected chi connectivity index (χ1v) is 7.45. The van der Waals surface area contributed by atoms with Crippen LogP contribution in [0.15, 0.2) is 6.07 Å². The van der Waals surface area contributed by atoms with Crippen molar-refractivity contribution in [2.45, 2.75) is 25.9 Å². The number of aromatic nitrogens is 2. The smallest absolute Gasteiger partial charge is 0.0625 e. The van der Waals surface area contributed by atoms with Gasteiger partial charge in [0.25, 0.3) is 0 Å². The van der Waals surface area contributed by atoms with Gasteiger partial charge in [0.15, 0.2) is 0 Å². The number of nitrogens with one attached hydrogen (secondary N) is 1. The highest BCUT2D eigenvalue weighted by atomic mass is 15.3. The van der Waals surface area contributed by atoms with Gasteiger partial charge in [-0.3, -0.25) is 14.5 Å². The molecular weight excluding hydrogens is 238 g/mol. The summed E-state index contributed by atoms with van der Waals surface area (Å²) in [6.07, 6.45) is 1.03. The zero-order valence-corrected chi connectivity index (χ0v) is 12.1. The first-order chi connectivity index (χ1) is 9.26. The summed E-state index contributed by atoms with van der Waals surface area (Å²) in [5, 5.41) is 7.94. The average Bonchev–Trinajstić information content (AvgIpc) is 2.75. The largest absolute Gasteiger partial charge is 0.314 e. The van der Waals surface area contributed by atoms with Crippen LogP contribution >= 0.6 is 0 Å². The molecule has 0 amide bonds. The Kier molecular flexibility index (Phi) is 3.86. The summed E-state index contributed by atoms with van der Waals surface area (Å²) in [6.45, 7) is 10.4. The highest BCUT2D eigenvalue weighted by Gasteiger charge is 2.32.